The lowest BCUT2D eigenvalue weighted by Crippen LogP contribution is -2.24. The van der Waals surface area contributed by atoms with Gasteiger partial charge in [-0.25, -0.2) is 19.7 Å². The molecule has 0 fully saturated rings. The number of aryl methyl sites for hydroxylation is 1. The average Bonchev–Trinajstić information content (AvgIpc) is 3.19. The van der Waals surface area contributed by atoms with Gasteiger partial charge in [-0.3, -0.25) is 13.9 Å². The number of carbonyl (C=O) groups is 1. The summed E-state index contributed by atoms with van der Waals surface area (Å²) < 4.78 is 8.72. The maximum Gasteiger partial charge on any atom is 0.338 e. The topological polar surface area (TPSA) is 91.9 Å². The Bertz CT molecular complexity index is 1630. The zero-order valence-corrected chi connectivity index (χ0v) is 20.8. The van der Waals surface area contributed by atoms with Crippen LogP contribution in [0, 0.1) is 6.92 Å². The van der Waals surface area contributed by atoms with Crippen LogP contribution in [0.5, 0.6) is 0 Å². The number of hydrogen-bond acceptors (Lipinski definition) is 6. The molecule has 0 aliphatic heterocycles. The predicted octanol–water partition coefficient (Wildman–Crippen LogP) is 5.35. The van der Waals surface area contributed by atoms with E-state index in [0.29, 0.717) is 46.7 Å². The van der Waals surface area contributed by atoms with Gasteiger partial charge in [-0.1, -0.05) is 38.3 Å². The Kier molecular flexibility index (Phi) is 6.50. The summed E-state index contributed by atoms with van der Waals surface area (Å²) in [6.07, 6.45) is 4.27. The van der Waals surface area contributed by atoms with Crippen LogP contribution in [0.25, 0.3) is 38.9 Å². The van der Waals surface area contributed by atoms with Crippen molar-refractivity contribution in [1.82, 2.24) is 24.1 Å². The minimum Gasteiger partial charge on any atom is -0.462 e. The minimum atomic E-state index is -0.378. The summed E-state index contributed by atoms with van der Waals surface area (Å²) in [5.41, 5.74) is 4.13. The maximum absolute atomic E-state index is 13.8. The van der Waals surface area contributed by atoms with Gasteiger partial charge < -0.3 is 4.74 Å². The molecular formula is C28H29N5O3. The van der Waals surface area contributed by atoms with Gasteiger partial charge in [0.1, 0.15) is 16.7 Å². The lowest BCUT2D eigenvalue weighted by Gasteiger charge is -2.11. The lowest BCUT2D eigenvalue weighted by molar-refractivity contribution is 0.0526. The van der Waals surface area contributed by atoms with Gasteiger partial charge in [0.2, 0.25) is 0 Å². The van der Waals surface area contributed by atoms with Crippen LogP contribution >= 0.6 is 0 Å². The first-order valence-electron chi connectivity index (χ1n) is 12.5. The fourth-order valence-corrected chi connectivity index (χ4v) is 4.60. The molecule has 184 valence electrons. The van der Waals surface area contributed by atoms with Gasteiger partial charge in [-0.05, 0) is 56.7 Å². The van der Waals surface area contributed by atoms with E-state index in [-0.39, 0.29) is 11.5 Å². The number of unbranched alkanes of at least 4 members (excludes halogenated alkanes) is 3. The third-order valence-electron chi connectivity index (χ3n) is 6.43. The number of carbonyl (C=O) groups excluding carboxylic acids is 1. The van der Waals surface area contributed by atoms with Crippen molar-refractivity contribution in [2.24, 2.45) is 0 Å². The number of hydrogen-bond donors (Lipinski definition) is 0. The average molecular weight is 484 g/mol. The van der Waals surface area contributed by atoms with Crippen LogP contribution in [-0.2, 0) is 11.3 Å². The Hall–Kier alpha value is -4.07. The lowest BCUT2D eigenvalue weighted by atomic mass is 10.2. The largest absolute Gasteiger partial charge is 0.462 e. The maximum atomic E-state index is 13.8. The zero-order valence-electron chi connectivity index (χ0n) is 20.8. The van der Waals surface area contributed by atoms with Crippen molar-refractivity contribution in [3.05, 3.63) is 70.3 Å². The molecule has 0 spiro atoms. The Labute approximate surface area is 208 Å². The van der Waals surface area contributed by atoms with E-state index < -0.39 is 0 Å². The van der Waals surface area contributed by atoms with Crippen molar-refractivity contribution in [2.75, 3.05) is 6.61 Å². The highest BCUT2D eigenvalue weighted by atomic mass is 16.5. The SMILES string of the molecule is CCCCCCn1c(C)nc2c(c1=O)c1nc3ccccc3nc1n2-c1ccc(C(=O)OCC)cc1. The van der Waals surface area contributed by atoms with Crippen LogP contribution in [0.4, 0.5) is 0 Å². The molecule has 0 aliphatic rings. The van der Waals surface area contributed by atoms with Crippen molar-refractivity contribution in [2.45, 2.75) is 53.0 Å². The molecule has 0 saturated carbocycles. The number of esters is 1. The molecule has 3 aromatic heterocycles. The van der Waals surface area contributed by atoms with E-state index >= 15 is 0 Å². The molecule has 8 heteroatoms. The van der Waals surface area contributed by atoms with Crippen LogP contribution < -0.4 is 5.56 Å². The molecule has 0 amide bonds. The van der Waals surface area contributed by atoms with Crippen LogP contribution in [0.15, 0.2) is 53.3 Å². The molecule has 5 rings (SSSR count). The fraction of sp³-hybridized carbons (Fsp3) is 0.321. The summed E-state index contributed by atoms with van der Waals surface area (Å²) in [6, 6.07) is 14.7. The van der Waals surface area contributed by atoms with Gasteiger partial charge in [0.05, 0.1) is 23.2 Å². The molecule has 0 bridgehead atoms. The van der Waals surface area contributed by atoms with Crippen LogP contribution in [0.1, 0.15) is 55.7 Å². The summed E-state index contributed by atoms with van der Waals surface area (Å²) in [5.74, 6) is 0.276. The van der Waals surface area contributed by atoms with Gasteiger partial charge in [0.25, 0.3) is 5.56 Å². The first kappa shape index (κ1) is 23.7. The highest BCUT2D eigenvalue weighted by Gasteiger charge is 2.22. The fourth-order valence-electron chi connectivity index (χ4n) is 4.60. The summed E-state index contributed by atoms with van der Waals surface area (Å²) in [4.78, 5) is 40.6. The Morgan fingerprint density at radius 3 is 2.31 bits per heavy atom. The van der Waals surface area contributed by atoms with Gasteiger partial charge in [-0.2, -0.15) is 0 Å². The van der Waals surface area contributed by atoms with Gasteiger partial charge in [-0.15, -0.1) is 0 Å². The summed E-state index contributed by atoms with van der Waals surface area (Å²) >= 11 is 0. The first-order chi connectivity index (χ1) is 17.5. The highest BCUT2D eigenvalue weighted by Crippen LogP contribution is 2.29. The van der Waals surface area contributed by atoms with E-state index in [1.807, 2.05) is 47.9 Å². The van der Waals surface area contributed by atoms with Crippen LogP contribution in [0.3, 0.4) is 0 Å². The van der Waals surface area contributed by atoms with Gasteiger partial charge >= 0.3 is 5.97 Å². The second kappa shape index (κ2) is 9.89. The Morgan fingerprint density at radius 2 is 1.61 bits per heavy atom. The molecule has 0 aliphatic carbocycles. The standard InChI is InChI=1S/C28H29N5O3/c1-4-6-7-10-17-32-18(3)29-25-23(27(32)34)24-26(31-22-12-9-8-11-21(22)30-24)33(25)20-15-13-19(14-16-20)28(35)36-5-2/h8-9,11-16H,4-7,10,17H2,1-3H3. The molecule has 0 unspecified atom stereocenters. The smallest absolute Gasteiger partial charge is 0.338 e. The van der Waals surface area contributed by atoms with Crippen LogP contribution in [0.2, 0.25) is 0 Å². The van der Waals surface area contributed by atoms with E-state index in [9.17, 15) is 9.59 Å². The summed E-state index contributed by atoms with van der Waals surface area (Å²) in [5, 5.41) is 0.457. The molecule has 0 radical (unpaired) electrons. The normalized spacial score (nSPS) is 11.5. The quantitative estimate of drug-likeness (QED) is 0.218. The van der Waals surface area contributed by atoms with E-state index in [1.54, 1.807) is 23.6 Å². The zero-order chi connectivity index (χ0) is 25.2. The van der Waals surface area contributed by atoms with E-state index in [4.69, 9.17) is 19.7 Å². The van der Waals surface area contributed by atoms with Crippen molar-refractivity contribution < 1.29 is 9.53 Å². The number of fused-ring (bicyclic) bond motifs is 4. The number of para-hydroxylation sites is 2. The van der Waals surface area contributed by atoms with Crippen molar-refractivity contribution in [3.8, 4) is 5.69 Å². The molecule has 0 saturated heterocycles. The van der Waals surface area contributed by atoms with E-state index in [0.717, 1.165) is 42.4 Å². The first-order valence-corrected chi connectivity index (χ1v) is 12.5. The Balaban J connectivity index is 1.75. The predicted molar refractivity (Wildman–Crippen MR) is 141 cm³/mol. The molecule has 8 nitrogen and oxygen atoms in total. The molecule has 0 N–H and O–H groups in total. The number of rotatable bonds is 8. The van der Waals surface area contributed by atoms with Gasteiger partial charge in [0, 0.05) is 12.2 Å². The molecular weight excluding hydrogens is 454 g/mol. The second-order valence-corrected chi connectivity index (χ2v) is 8.86. The van der Waals surface area contributed by atoms with Gasteiger partial charge in [0.15, 0.2) is 11.3 Å². The van der Waals surface area contributed by atoms with Crippen LogP contribution in [-0.4, -0.2) is 36.7 Å². The Morgan fingerprint density at radius 1 is 0.889 bits per heavy atom. The molecule has 0 atom stereocenters. The second-order valence-electron chi connectivity index (χ2n) is 8.86. The highest BCUT2D eigenvalue weighted by molar-refractivity contribution is 6.06. The third-order valence-corrected chi connectivity index (χ3v) is 6.43. The van der Waals surface area contributed by atoms with Crippen molar-refractivity contribution >= 4 is 39.2 Å². The summed E-state index contributed by atoms with van der Waals surface area (Å²) in [7, 11) is 0. The number of benzene rings is 2. The molecule has 36 heavy (non-hydrogen) atoms. The van der Waals surface area contributed by atoms with E-state index in [2.05, 4.69) is 6.92 Å². The number of nitrogens with zero attached hydrogens (tertiary/aromatic N) is 5. The molecule has 2 aromatic carbocycles. The monoisotopic (exact) mass is 483 g/mol. The molecule has 5 aromatic rings. The summed E-state index contributed by atoms with van der Waals surface area (Å²) in [6.45, 7) is 6.74. The van der Waals surface area contributed by atoms with Crippen molar-refractivity contribution in [1.29, 1.82) is 0 Å². The number of aromatic nitrogens is 5. The van der Waals surface area contributed by atoms with E-state index in [1.165, 1.54) is 0 Å². The third kappa shape index (κ3) is 4.12. The minimum absolute atomic E-state index is 0.106. The van der Waals surface area contributed by atoms with Crippen molar-refractivity contribution in [3.63, 3.8) is 0 Å². The molecule has 3 heterocycles. The number of ether oxygens (including phenoxy) is 1.